The quantitative estimate of drug-likeness (QED) is 0.804. The van der Waals surface area contributed by atoms with Gasteiger partial charge in [-0.15, -0.1) is 0 Å². The molecule has 0 atom stereocenters. The first-order valence-electron chi connectivity index (χ1n) is 8.22. The number of nitrogens with one attached hydrogen (secondary N) is 1. The van der Waals surface area contributed by atoms with Gasteiger partial charge in [-0.2, -0.15) is 4.31 Å². The average molecular weight is 378 g/mol. The zero-order chi connectivity index (χ0) is 19.3. The predicted octanol–water partition coefficient (Wildman–Crippen LogP) is 3.23. The molecule has 1 N–H and O–H groups in total. The van der Waals surface area contributed by atoms with Gasteiger partial charge in [-0.25, -0.2) is 12.8 Å². The van der Waals surface area contributed by atoms with Gasteiger partial charge in [0, 0.05) is 25.2 Å². The van der Waals surface area contributed by atoms with Crippen LogP contribution in [0.25, 0.3) is 0 Å². The second-order valence-electron chi connectivity index (χ2n) is 6.27. The van der Waals surface area contributed by atoms with E-state index in [-0.39, 0.29) is 31.2 Å². The number of hydrogen-bond donors (Lipinski definition) is 1. The molecule has 7 heteroatoms. The van der Waals surface area contributed by atoms with Crippen molar-refractivity contribution in [3.8, 4) is 0 Å². The predicted molar refractivity (Wildman–Crippen MR) is 101 cm³/mol. The van der Waals surface area contributed by atoms with E-state index >= 15 is 0 Å². The van der Waals surface area contributed by atoms with Gasteiger partial charge in [0.25, 0.3) is 0 Å². The maximum absolute atomic E-state index is 13.0. The lowest BCUT2D eigenvalue weighted by Crippen LogP contribution is -2.32. The highest BCUT2D eigenvalue weighted by Gasteiger charge is 2.18. The third-order valence-electron chi connectivity index (χ3n) is 4.21. The van der Waals surface area contributed by atoms with Crippen LogP contribution in [0.5, 0.6) is 0 Å². The largest absolute Gasteiger partial charge is 0.326 e. The minimum atomic E-state index is -3.50. The van der Waals surface area contributed by atoms with E-state index in [1.807, 2.05) is 32.0 Å². The van der Waals surface area contributed by atoms with Crippen LogP contribution < -0.4 is 5.32 Å². The second-order valence-corrected chi connectivity index (χ2v) is 8.25. The standard InChI is InChI=1S/C19H23FN2O3S/c1-14-5-4-6-18(15(14)2)21-19(23)11-12-22(26(3,24)25)13-16-7-9-17(20)10-8-16/h4-10H,11-13H2,1-3H3,(H,21,23). The molecular formula is C19H23FN2O3S. The fourth-order valence-corrected chi connectivity index (χ4v) is 3.29. The summed E-state index contributed by atoms with van der Waals surface area (Å²) in [4.78, 5) is 12.2. The number of amides is 1. The summed E-state index contributed by atoms with van der Waals surface area (Å²) >= 11 is 0. The number of benzene rings is 2. The number of halogens is 1. The topological polar surface area (TPSA) is 66.5 Å². The molecule has 0 aliphatic rings. The summed E-state index contributed by atoms with van der Waals surface area (Å²) in [6, 6.07) is 11.3. The molecular weight excluding hydrogens is 355 g/mol. The maximum atomic E-state index is 13.0. The van der Waals surface area contributed by atoms with Crippen molar-refractivity contribution in [2.45, 2.75) is 26.8 Å². The van der Waals surface area contributed by atoms with Crippen LogP contribution in [-0.2, 0) is 21.4 Å². The molecule has 26 heavy (non-hydrogen) atoms. The summed E-state index contributed by atoms with van der Waals surface area (Å²) in [5, 5.41) is 2.82. The molecule has 0 aromatic heterocycles. The molecule has 140 valence electrons. The Labute approximate surface area is 153 Å². The molecule has 1 amide bonds. The van der Waals surface area contributed by atoms with E-state index in [2.05, 4.69) is 5.32 Å². The highest BCUT2D eigenvalue weighted by molar-refractivity contribution is 7.88. The van der Waals surface area contributed by atoms with Gasteiger partial charge >= 0.3 is 0 Å². The monoisotopic (exact) mass is 378 g/mol. The summed E-state index contributed by atoms with van der Waals surface area (Å²) in [6.45, 7) is 4.02. The number of carbonyl (C=O) groups is 1. The number of aryl methyl sites for hydroxylation is 1. The van der Waals surface area contributed by atoms with E-state index in [9.17, 15) is 17.6 Å². The molecule has 0 radical (unpaired) electrons. The molecule has 0 fully saturated rings. The molecule has 2 rings (SSSR count). The van der Waals surface area contributed by atoms with Crippen molar-refractivity contribution in [1.29, 1.82) is 0 Å². The molecule has 0 saturated heterocycles. The summed E-state index contributed by atoms with van der Waals surface area (Å²) < 4.78 is 38.2. The van der Waals surface area contributed by atoms with Gasteiger partial charge in [0.15, 0.2) is 0 Å². The third kappa shape index (κ3) is 5.64. The van der Waals surface area contributed by atoms with Crippen LogP contribution in [0, 0.1) is 19.7 Å². The zero-order valence-electron chi connectivity index (χ0n) is 15.1. The Morgan fingerprint density at radius 1 is 1.12 bits per heavy atom. The van der Waals surface area contributed by atoms with Crippen LogP contribution in [0.2, 0.25) is 0 Å². The lowest BCUT2D eigenvalue weighted by Gasteiger charge is -2.20. The number of rotatable bonds is 7. The molecule has 0 bridgehead atoms. The SMILES string of the molecule is Cc1cccc(NC(=O)CCN(Cc2ccc(F)cc2)S(C)(=O)=O)c1C. The Hall–Kier alpha value is -2.25. The van der Waals surface area contributed by atoms with Gasteiger partial charge in [-0.05, 0) is 48.7 Å². The molecule has 5 nitrogen and oxygen atoms in total. The Kier molecular flexibility index (Phi) is 6.50. The van der Waals surface area contributed by atoms with E-state index in [1.54, 1.807) is 0 Å². The molecule has 2 aromatic carbocycles. The van der Waals surface area contributed by atoms with Crippen LogP contribution in [0.4, 0.5) is 10.1 Å². The van der Waals surface area contributed by atoms with Crippen molar-refractivity contribution in [3.05, 3.63) is 65.0 Å². The van der Waals surface area contributed by atoms with Gasteiger partial charge in [0.05, 0.1) is 6.26 Å². The Balaban J connectivity index is 2.01. The minimum Gasteiger partial charge on any atom is -0.326 e. The van der Waals surface area contributed by atoms with Crippen molar-refractivity contribution in [2.24, 2.45) is 0 Å². The lowest BCUT2D eigenvalue weighted by atomic mass is 10.1. The van der Waals surface area contributed by atoms with Gasteiger partial charge in [-0.1, -0.05) is 24.3 Å². The summed E-state index contributed by atoms with van der Waals surface area (Å²) in [6.07, 6.45) is 1.13. The van der Waals surface area contributed by atoms with Gasteiger partial charge in [0.2, 0.25) is 15.9 Å². The summed E-state index contributed by atoms with van der Waals surface area (Å²) in [5.41, 5.74) is 3.43. The van der Waals surface area contributed by atoms with Crippen molar-refractivity contribution >= 4 is 21.6 Å². The van der Waals surface area contributed by atoms with Gasteiger partial charge in [0.1, 0.15) is 5.82 Å². The number of anilines is 1. The van der Waals surface area contributed by atoms with E-state index in [0.29, 0.717) is 5.56 Å². The number of carbonyl (C=O) groups excluding carboxylic acids is 1. The van der Waals surface area contributed by atoms with Crippen LogP contribution in [0.3, 0.4) is 0 Å². The average Bonchev–Trinajstić information content (AvgIpc) is 2.56. The third-order valence-corrected chi connectivity index (χ3v) is 5.46. The van der Waals surface area contributed by atoms with Crippen LogP contribution >= 0.6 is 0 Å². The van der Waals surface area contributed by atoms with Crippen molar-refractivity contribution in [1.82, 2.24) is 4.31 Å². The van der Waals surface area contributed by atoms with Crippen molar-refractivity contribution in [2.75, 3.05) is 18.1 Å². The molecule has 0 aliphatic carbocycles. The van der Waals surface area contributed by atoms with Gasteiger partial charge < -0.3 is 5.32 Å². The highest BCUT2D eigenvalue weighted by atomic mass is 32.2. The molecule has 0 heterocycles. The van der Waals surface area contributed by atoms with E-state index in [0.717, 1.165) is 23.1 Å². The zero-order valence-corrected chi connectivity index (χ0v) is 15.9. The van der Waals surface area contributed by atoms with Crippen LogP contribution in [0.15, 0.2) is 42.5 Å². The fraction of sp³-hybridized carbons (Fsp3) is 0.316. The van der Waals surface area contributed by atoms with Crippen molar-refractivity contribution < 1.29 is 17.6 Å². The maximum Gasteiger partial charge on any atom is 0.225 e. The molecule has 0 spiro atoms. The first-order chi connectivity index (χ1) is 12.2. The minimum absolute atomic E-state index is 0.0294. The molecule has 0 saturated carbocycles. The Morgan fingerprint density at radius 2 is 1.77 bits per heavy atom. The van der Waals surface area contributed by atoms with Crippen molar-refractivity contribution in [3.63, 3.8) is 0 Å². The molecule has 0 unspecified atom stereocenters. The fourth-order valence-electron chi connectivity index (χ4n) is 2.48. The van der Waals surface area contributed by atoms with Gasteiger partial charge in [-0.3, -0.25) is 4.79 Å². The van der Waals surface area contributed by atoms with E-state index in [1.165, 1.54) is 28.6 Å². The smallest absolute Gasteiger partial charge is 0.225 e. The number of nitrogens with zero attached hydrogens (tertiary/aromatic N) is 1. The summed E-state index contributed by atoms with van der Waals surface area (Å²) in [5.74, 6) is -0.640. The lowest BCUT2D eigenvalue weighted by molar-refractivity contribution is -0.116. The summed E-state index contributed by atoms with van der Waals surface area (Å²) in [7, 11) is -3.50. The number of sulfonamides is 1. The normalized spacial score (nSPS) is 11.6. The molecule has 2 aromatic rings. The van der Waals surface area contributed by atoms with Crippen LogP contribution in [0.1, 0.15) is 23.1 Å². The highest BCUT2D eigenvalue weighted by Crippen LogP contribution is 2.18. The first-order valence-corrected chi connectivity index (χ1v) is 10.1. The first kappa shape index (κ1) is 20.1. The Morgan fingerprint density at radius 3 is 2.38 bits per heavy atom. The van der Waals surface area contributed by atoms with Crippen LogP contribution in [-0.4, -0.2) is 31.4 Å². The number of hydrogen-bond acceptors (Lipinski definition) is 3. The van der Waals surface area contributed by atoms with E-state index in [4.69, 9.17) is 0 Å². The molecule has 0 aliphatic heterocycles. The van der Waals surface area contributed by atoms with E-state index < -0.39 is 10.0 Å². The second kappa shape index (κ2) is 8.42. The Bertz CT molecular complexity index is 880.